The number of nitriles is 1. The number of unbranched alkanes of at least 4 members (excludes halogenated alkanes) is 2. The first-order valence-corrected chi connectivity index (χ1v) is 9.57. The third-order valence-electron chi connectivity index (χ3n) is 5.28. The second-order valence-electron chi connectivity index (χ2n) is 7.05. The maximum Gasteiger partial charge on any atom is 0.166 e. The molecule has 132 valence electrons. The van der Waals surface area contributed by atoms with Gasteiger partial charge in [0.05, 0.1) is 18.2 Å². The van der Waals surface area contributed by atoms with E-state index in [2.05, 4.69) is 6.92 Å². The molecule has 0 aromatic heterocycles. The van der Waals surface area contributed by atoms with Crippen LogP contribution < -0.4 is 4.74 Å². The van der Waals surface area contributed by atoms with Gasteiger partial charge in [-0.3, -0.25) is 0 Å². The summed E-state index contributed by atoms with van der Waals surface area (Å²) in [5.41, 5.74) is 0.331. The molecule has 0 radical (unpaired) electrons. The van der Waals surface area contributed by atoms with Crippen molar-refractivity contribution in [1.29, 1.82) is 5.26 Å². The minimum absolute atomic E-state index is 0.261. The van der Waals surface area contributed by atoms with E-state index in [1.54, 1.807) is 12.1 Å². The van der Waals surface area contributed by atoms with Crippen LogP contribution in [0.3, 0.4) is 0 Å². The summed E-state index contributed by atoms with van der Waals surface area (Å²) in [4.78, 5) is 0. The molecule has 0 bridgehead atoms. The van der Waals surface area contributed by atoms with Gasteiger partial charge in [0.1, 0.15) is 0 Å². The Bertz CT molecular complexity index is 537. The fourth-order valence-electron chi connectivity index (χ4n) is 3.92. The van der Waals surface area contributed by atoms with Crippen LogP contribution in [-0.4, -0.2) is 6.61 Å². The molecule has 0 heterocycles. The molecule has 0 amide bonds. The smallest absolute Gasteiger partial charge is 0.166 e. The van der Waals surface area contributed by atoms with E-state index in [4.69, 9.17) is 10.00 Å². The highest BCUT2D eigenvalue weighted by molar-refractivity contribution is 5.35. The SMILES string of the molecule is CCCCCC1CCCCC1CCCOc1ccc(C#N)cc1F. The van der Waals surface area contributed by atoms with Crippen molar-refractivity contribution >= 4 is 0 Å². The van der Waals surface area contributed by atoms with Gasteiger partial charge >= 0.3 is 0 Å². The Morgan fingerprint density at radius 1 is 1.12 bits per heavy atom. The van der Waals surface area contributed by atoms with Crippen molar-refractivity contribution in [2.45, 2.75) is 71.1 Å². The second kappa shape index (κ2) is 10.3. The summed E-state index contributed by atoms with van der Waals surface area (Å²) in [7, 11) is 0. The molecule has 3 heteroatoms. The maximum atomic E-state index is 13.8. The Kier molecular flexibility index (Phi) is 8.08. The second-order valence-corrected chi connectivity index (χ2v) is 7.05. The predicted octanol–water partition coefficient (Wildman–Crippen LogP) is 6.24. The molecular formula is C21H30FNO. The van der Waals surface area contributed by atoms with E-state index < -0.39 is 5.82 Å². The molecule has 1 aliphatic rings. The van der Waals surface area contributed by atoms with Crippen molar-refractivity contribution in [2.75, 3.05) is 6.61 Å². The molecule has 1 aromatic rings. The van der Waals surface area contributed by atoms with Gasteiger partial charge in [-0.15, -0.1) is 0 Å². The molecule has 24 heavy (non-hydrogen) atoms. The number of halogens is 1. The van der Waals surface area contributed by atoms with Gasteiger partial charge in [0, 0.05) is 0 Å². The number of rotatable bonds is 9. The van der Waals surface area contributed by atoms with Gasteiger partial charge in [0.15, 0.2) is 11.6 Å². The van der Waals surface area contributed by atoms with Gasteiger partial charge in [0.2, 0.25) is 0 Å². The Morgan fingerprint density at radius 2 is 1.83 bits per heavy atom. The first kappa shape index (κ1) is 18.8. The quantitative estimate of drug-likeness (QED) is 0.501. The first-order chi connectivity index (χ1) is 11.7. The lowest BCUT2D eigenvalue weighted by molar-refractivity contribution is 0.189. The van der Waals surface area contributed by atoms with Gasteiger partial charge in [0.25, 0.3) is 0 Å². The predicted molar refractivity (Wildman–Crippen MR) is 95.4 cm³/mol. The number of benzene rings is 1. The minimum atomic E-state index is -0.441. The number of hydrogen-bond acceptors (Lipinski definition) is 2. The van der Waals surface area contributed by atoms with Crippen LogP contribution >= 0.6 is 0 Å². The molecule has 2 nitrogen and oxygen atoms in total. The van der Waals surface area contributed by atoms with Crippen LogP contribution in [-0.2, 0) is 0 Å². The van der Waals surface area contributed by atoms with Crippen LogP contribution in [0.25, 0.3) is 0 Å². The average Bonchev–Trinajstić information content (AvgIpc) is 2.61. The van der Waals surface area contributed by atoms with E-state index in [0.29, 0.717) is 12.2 Å². The zero-order chi connectivity index (χ0) is 17.2. The highest BCUT2D eigenvalue weighted by atomic mass is 19.1. The summed E-state index contributed by atoms with van der Waals surface area (Å²) >= 11 is 0. The lowest BCUT2D eigenvalue weighted by Crippen LogP contribution is -2.20. The number of nitrogens with zero attached hydrogens (tertiary/aromatic N) is 1. The topological polar surface area (TPSA) is 33.0 Å². The van der Waals surface area contributed by atoms with Gasteiger partial charge in [-0.2, -0.15) is 5.26 Å². The van der Waals surface area contributed by atoms with Crippen LogP contribution in [0.15, 0.2) is 18.2 Å². The van der Waals surface area contributed by atoms with Gasteiger partial charge in [-0.05, 0) is 42.9 Å². The lowest BCUT2D eigenvalue weighted by Gasteiger charge is -2.31. The van der Waals surface area contributed by atoms with Crippen LogP contribution in [0.5, 0.6) is 5.75 Å². The van der Waals surface area contributed by atoms with Crippen molar-refractivity contribution in [3.63, 3.8) is 0 Å². The summed E-state index contributed by atoms with van der Waals surface area (Å²) in [6, 6.07) is 6.33. The fourth-order valence-corrected chi connectivity index (χ4v) is 3.92. The number of ether oxygens (including phenoxy) is 1. The molecule has 1 fully saturated rings. The zero-order valence-corrected chi connectivity index (χ0v) is 14.9. The number of hydrogen-bond donors (Lipinski definition) is 0. The standard InChI is InChI=1S/C21H30FNO/c1-2-3-4-8-18-9-5-6-10-19(18)11-7-14-24-21-13-12-17(16-23)15-20(21)22/h12-13,15,18-19H,2-11,14H2,1H3. The fraction of sp³-hybridized carbons (Fsp3) is 0.667. The molecule has 0 spiro atoms. The van der Waals surface area contributed by atoms with Gasteiger partial charge in [-0.25, -0.2) is 4.39 Å². The summed E-state index contributed by atoms with van der Waals surface area (Å²) in [5.74, 6) is 1.53. The van der Waals surface area contributed by atoms with E-state index in [9.17, 15) is 4.39 Å². The summed E-state index contributed by atoms with van der Waals surface area (Å²) in [5, 5.41) is 8.76. The summed E-state index contributed by atoms with van der Waals surface area (Å²) < 4.78 is 19.4. The molecule has 2 atom stereocenters. The van der Waals surface area contributed by atoms with E-state index in [0.717, 1.165) is 18.3 Å². The average molecular weight is 331 g/mol. The zero-order valence-electron chi connectivity index (χ0n) is 14.9. The van der Waals surface area contributed by atoms with Crippen LogP contribution in [0, 0.1) is 29.0 Å². The van der Waals surface area contributed by atoms with Crippen LogP contribution in [0.2, 0.25) is 0 Å². The normalized spacial score (nSPS) is 20.5. The van der Waals surface area contributed by atoms with E-state index in [1.807, 2.05) is 6.07 Å². The molecule has 2 rings (SSSR count). The van der Waals surface area contributed by atoms with E-state index in [1.165, 1.54) is 63.9 Å². The Morgan fingerprint density at radius 3 is 2.46 bits per heavy atom. The van der Waals surface area contributed by atoms with Crippen molar-refractivity contribution in [2.24, 2.45) is 11.8 Å². The highest BCUT2D eigenvalue weighted by Crippen LogP contribution is 2.36. The van der Waals surface area contributed by atoms with Crippen molar-refractivity contribution < 1.29 is 9.13 Å². The Hall–Kier alpha value is -1.56. The third kappa shape index (κ3) is 5.82. The van der Waals surface area contributed by atoms with E-state index >= 15 is 0 Å². The van der Waals surface area contributed by atoms with Crippen molar-refractivity contribution in [1.82, 2.24) is 0 Å². The molecule has 1 saturated carbocycles. The Balaban J connectivity index is 1.73. The summed E-state index contributed by atoms with van der Waals surface area (Å²) in [6.07, 6.45) is 13.0. The lowest BCUT2D eigenvalue weighted by atomic mass is 9.74. The molecular weight excluding hydrogens is 301 g/mol. The molecule has 1 aromatic carbocycles. The van der Waals surface area contributed by atoms with Crippen LogP contribution in [0.1, 0.15) is 76.7 Å². The molecule has 0 aliphatic heterocycles. The van der Waals surface area contributed by atoms with E-state index in [-0.39, 0.29) is 5.75 Å². The first-order valence-electron chi connectivity index (χ1n) is 9.57. The monoisotopic (exact) mass is 331 g/mol. The third-order valence-corrected chi connectivity index (χ3v) is 5.28. The molecule has 0 N–H and O–H groups in total. The molecule has 1 aliphatic carbocycles. The molecule has 2 unspecified atom stereocenters. The van der Waals surface area contributed by atoms with Crippen molar-refractivity contribution in [3.8, 4) is 11.8 Å². The van der Waals surface area contributed by atoms with Gasteiger partial charge < -0.3 is 4.74 Å². The Labute approximate surface area is 146 Å². The molecule has 0 saturated heterocycles. The maximum absolute atomic E-state index is 13.8. The summed E-state index contributed by atoms with van der Waals surface area (Å²) in [6.45, 7) is 2.82. The largest absolute Gasteiger partial charge is 0.491 e. The van der Waals surface area contributed by atoms with Gasteiger partial charge in [-0.1, -0.05) is 58.3 Å². The van der Waals surface area contributed by atoms with Crippen molar-refractivity contribution in [3.05, 3.63) is 29.6 Å². The highest BCUT2D eigenvalue weighted by Gasteiger charge is 2.24. The van der Waals surface area contributed by atoms with Crippen LogP contribution in [0.4, 0.5) is 4.39 Å². The minimum Gasteiger partial charge on any atom is -0.491 e.